The predicted molar refractivity (Wildman–Crippen MR) is 103 cm³/mol. The number of aromatic amines is 1. The van der Waals surface area contributed by atoms with Crippen LogP contribution < -0.4 is 9.46 Å². The number of hydrogen-bond acceptors (Lipinski definition) is 5. The van der Waals surface area contributed by atoms with E-state index in [-0.39, 0.29) is 4.90 Å². The number of aromatic nitrogens is 3. The molecule has 0 atom stereocenters. The van der Waals surface area contributed by atoms with Gasteiger partial charge >= 0.3 is 0 Å². The van der Waals surface area contributed by atoms with Crippen LogP contribution in [-0.4, -0.2) is 30.5 Å². The third-order valence-corrected chi connectivity index (χ3v) is 5.39. The van der Waals surface area contributed by atoms with Gasteiger partial charge in [0.05, 0.1) is 23.0 Å². The van der Waals surface area contributed by atoms with E-state index in [9.17, 15) is 8.42 Å². The maximum absolute atomic E-state index is 12.7. The quantitative estimate of drug-likeness (QED) is 0.553. The van der Waals surface area contributed by atoms with Gasteiger partial charge in [-0.2, -0.15) is 0 Å². The Balaban J connectivity index is 1.66. The van der Waals surface area contributed by atoms with Crippen molar-refractivity contribution in [2.45, 2.75) is 4.90 Å². The number of sulfonamides is 1. The normalized spacial score (nSPS) is 11.4. The fourth-order valence-electron chi connectivity index (χ4n) is 2.65. The minimum Gasteiger partial charge on any atom is -0.497 e. The van der Waals surface area contributed by atoms with Gasteiger partial charge in [-0.15, -0.1) is 0 Å². The van der Waals surface area contributed by atoms with Gasteiger partial charge in [0.15, 0.2) is 5.82 Å². The van der Waals surface area contributed by atoms with E-state index in [1.54, 1.807) is 49.7 Å². The molecule has 8 heteroatoms. The first-order chi connectivity index (χ1) is 13.0. The molecule has 0 fully saturated rings. The van der Waals surface area contributed by atoms with Gasteiger partial charge in [-0.25, -0.2) is 13.4 Å². The van der Waals surface area contributed by atoms with Crippen molar-refractivity contribution >= 4 is 26.7 Å². The van der Waals surface area contributed by atoms with Gasteiger partial charge in [0.2, 0.25) is 0 Å². The number of nitrogens with zero attached hydrogens (tertiary/aromatic N) is 2. The van der Waals surface area contributed by atoms with Crippen molar-refractivity contribution in [3.05, 3.63) is 66.9 Å². The Bertz CT molecular complexity index is 1190. The molecule has 0 aliphatic heterocycles. The van der Waals surface area contributed by atoms with E-state index in [4.69, 9.17) is 4.74 Å². The summed E-state index contributed by atoms with van der Waals surface area (Å²) in [6.45, 7) is 0. The first-order valence-corrected chi connectivity index (χ1v) is 9.61. The van der Waals surface area contributed by atoms with Crippen LogP contribution in [0.5, 0.6) is 5.75 Å². The molecule has 0 aliphatic rings. The number of anilines is 1. The number of nitrogens with one attached hydrogen (secondary N) is 2. The third-order valence-electron chi connectivity index (χ3n) is 4.01. The molecule has 0 radical (unpaired) electrons. The van der Waals surface area contributed by atoms with E-state index in [1.807, 2.05) is 18.2 Å². The molecule has 2 aromatic heterocycles. The molecule has 4 rings (SSSR count). The zero-order valence-corrected chi connectivity index (χ0v) is 15.2. The summed E-state index contributed by atoms with van der Waals surface area (Å²) in [5.74, 6) is 1.24. The number of imidazole rings is 1. The molecular formula is C19H16N4O3S. The number of benzene rings is 2. The highest BCUT2D eigenvalue weighted by Gasteiger charge is 2.16. The summed E-state index contributed by atoms with van der Waals surface area (Å²) >= 11 is 0. The number of pyridine rings is 1. The highest BCUT2D eigenvalue weighted by atomic mass is 32.2. The standard InChI is InChI=1S/C19H16N4O3S/c1-26-14-7-5-13(6-8-14)23-27(24,25)15-9-10-16-18(12-15)22-19(21-16)17-4-2-3-11-20-17/h2-12,23H,1H3,(H,21,22). The molecule has 2 N–H and O–H groups in total. The molecule has 0 amide bonds. The number of ether oxygens (including phenoxy) is 1. The molecule has 2 aromatic carbocycles. The van der Waals surface area contributed by atoms with Crippen LogP contribution in [0.2, 0.25) is 0 Å². The number of H-pyrrole nitrogens is 1. The lowest BCUT2D eigenvalue weighted by Crippen LogP contribution is -2.12. The zero-order valence-electron chi connectivity index (χ0n) is 14.4. The summed E-state index contributed by atoms with van der Waals surface area (Å²) in [5, 5.41) is 0. The highest BCUT2D eigenvalue weighted by Crippen LogP contribution is 2.24. The Kier molecular flexibility index (Phi) is 4.25. The van der Waals surface area contributed by atoms with E-state index in [0.717, 1.165) is 0 Å². The molecular weight excluding hydrogens is 364 g/mol. The van der Waals surface area contributed by atoms with Crippen molar-refractivity contribution in [1.82, 2.24) is 15.0 Å². The molecule has 0 aliphatic carbocycles. The molecule has 0 saturated heterocycles. The number of hydrogen-bond donors (Lipinski definition) is 2. The molecule has 0 saturated carbocycles. The predicted octanol–water partition coefficient (Wildman–Crippen LogP) is 3.43. The van der Waals surface area contributed by atoms with Crippen molar-refractivity contribution in [2.75, 3.05) is 11.8 Å². The second-order valence-corrected chi connectivity index (χ2v) is 7.50. The summed E-state index contributed by atoms with van der Waals surface area (Å²) in [4.78, 5) is 12.0. The van der Waals surface area contributed by atoms with E-state index in [0.29, 0.717) is 34.0 Å². The monoisotopic (exact) mass is 380 g/mol. The average molecular weight is 380 g/mol. The van der Waals surface area contributed by atoms with Crippen LogP contribution in [0, 0.1) is 0 Å². The second-order valence-electron chi connectivity index (χ2n) is 5.81. The lowest BCUT2D eigenvalue weighted by molar-refractivity contribution is 0.415. The third kappa shape index (κ3) is 3.47. The van der Waals surface area contributed by atoms with Gasteiger partial charge in [-0.3, -0.25) is 9.71 Å². The first kappa shape index (κ1) is 17.0. The Hall–Kier alpha value is -3.39. The van der Waals surface area contributed by atoms with Gasteiger partial charge in [-0.1, -0.05) is 6.07 Å². The zero-order chi connectivity index (χ0) is 18.9. The number of rotatable bonds is 5. The van der Waals surface area contributed by atoms with E-state index in [2.05, 4.69) is 19.7 Å². The van der Waals surface area contributed by atoms with Crippen LogP contribution in [0.3, 0.4) is 0 Å². The van der Waals surface area contributed by atoms with Gasteiger partial charge in [0, 0.05) is 11.9 Å². The molecule has 2 heterocycles. The molecule has 0 unspecified atom stereocenters. The molecule has 0 bridgehead atoms. The van der Waals surface area contributed by atoms with E-state index >= 15 is 0 Å². The van der Waals surface area contributed by atoms with Crippen LogP contribution in [0.25, 0.3) is 22.6 Å². The van der Waals surface area contributed by atoms with Crippen molar-refractivity contribution in [3.63, 3.8) is 0 Å². The molecule has 136 valence electrons. The molecule has 27 heavy (non-hydrogen) atoms. The number of fused-ring (bicyclic) bond motifs is 1. The summed E-state index contributed by atoms with van der Waals surface area (Å²) in [6.07, 6.45) is 1.68. The second kappa shape index (κ2) is 6.73. The fraction of sp³-hybridized carbons (Fsp3) is 0.0526. The van der Waals surface area contributed by atoms with E-state index in [1.165, 1.54) is 6.07 Å². The maximum atomic E-state index is 12.7. The highest BCUT2D eigenvalue weighted by molar-refractivity contribution is 7.92. The van der Waals surface area contributed by atoms with Gasteiger partial charge < -0.3 is 9.72 Å². The molecule has 4 aromatic rings. The van der Waals surface area contributed by atoms with Crippen LogP contribution in [0.1, 0.15) is 0 Å². The van der Waals surface area contributed by atoms with Gasteiger partial charge in [0.25, 0.3) is 10.0 Å². The van der Waals surface area contributed by atoms with E-state index < -0.39 is 10.0 Å². The number of methoxy groups -OCH3 is 1. The first-order valence-electron chi connectivity index (χ1n) is 8.13. The van der Waals surface area contributed by atoms with Crippen LogP contribution in [0.4, 0.5) is 5.69 Å². The van der Waals surface area contributed by atoms with Crippen molar-refractivity contribution in [3.8, 4) is 17.3 Å². The SMILES string of the molecule is COc1ccc(NS(=O)(=O)c2ccc3nc(-c4ccccn4)[nH]c3c2)cc1. The fourth-order valence-corrected chi connectivity index (χ4v) is 3.74. The Morgan fingerprint density at radius 1 is 1.04 bits per heavy atom. The Morgan fingerprint density at radius 3 is 2.56 bits per heavy atom. The topological polar surface area (TPSA) is 97.0 Å². The lowest BCUT2D eigenvalue weighted by atomic mass is 10.3. The van der Waals surface area contributed by atoms with Gasteiger partial charge in [-0.05, 0) is 54.6 Å². The Morgan fingerprint density at radius 2 is 1.85 bits per heavy atom. The van der Waals surface area contributed by atoms with Crippen LogP contribution in [0.15, 0.2) is 71.8 Å². The minimum absolute atomic E-state index is 0.141. The molecule has 7 nitrogen and oxygen atoms in total. The van der Waals surface area contributed by atoms with Crippen molar-refractivity contribution in [2.24, 2.45) is 0 Å². The van der Waals surface area contributed by atoms with Gasteiger partial charge in [0.1, 0.15) is 11.4 Å². The average Bonchev–Trinajstić information content (AvgIpc) is 3.12. The van der Waals surface area contributed by atoms with Crippen molar-refractivity contribution in [1.29, 1.82) is 0 Å². The minimum atomic E-state index is -3.73. The summed E-state index contributed by atoms with van der Waals surface area (Å²) in [7, 11) is -2.18. The maximum Gasteiger partial charge on any atom is 0.261 e. The van der Waals surface area contributed by atoms with Crippen LogP contribution in [-0.2, 0) is 10.0 Å². The van der Waals surface area contributed by atoms with Crippen LogP contribution >= 0.6 is 0 Å². The largest absolute Gasteiger partial charge is 0.497 e. The smallest absolute Gasteiger partial charge is 0.261 e. The summed E-state index contributed by atoms with van der Waals surface area (Å²) in [6, 6.07) is 16.9. The van der Waals surface area contributed by atoms with Crippen molar-refractivity contribution < 1.29 is 13.2 Å². The lowest BCUT2D eigenvalue weighted by Gasteiger charge is -2.08. The Labute approximate surface area is 156 Å². The summed E-state index contributed by atoms with van der Waals surface area (Å²) in [5.41, 5.74) is 2.43. The summed E-state index contributed by atoms with van der Waals surface area (Å²) < 4.78 is 33.0. The molecule has 0 spiro atoms.